The molecule has 2 aromatic carbocycles. The second-order valence-electron chi connectivity index (χ2n) is 8.89. The van der Waals surface area contributed by atoms with Crippen molar-refractivity contribution >= 4 is 28.4 Å². The second kappa shape index (κ2) is 8.34. The molecule has 3 aromatic rings. The predicted octanol–water partition coefficient (Wildman–Crippen LogP) is 5.14. The van der Waals surface area contributed by atoms with Gasteiger partial charge in [-0.15, -0.1) is 0 Å². The Bertz CT molecular complexity index is 1200. The van der Waals surface area contributed by atoms with Gasteiger partial charge < -0.3 is 15.8 Å². The van der Waals surface area contributed by atoms with Crippen LogP contribution in [0, 0.1) is 0 Å². The van der Waals surface area contributed by atoms with E-state index in [0.717, 1.165) is 64.8 Å². The van der Waals surface area contributed by atoms with Gasteiger partial charge in [-0.2, -0.15) is 0 Å². The Balaban J connectivity index is 1.67. The van der Waals surface area contributed by atoms with Crippen LogP contribution >= 0.6 is 0 Å². The van der Waals surface area contributed by atoms with E-state index >= 15 is 0 Å². The Kier molecular flexibility index (Phi) is 5.37. The average Bonchev–Trinajstić information content (AvgIpc) is 3.14. The molecule has 0 atom stereocenters. The maximum Gasteiger partial charge on any atom is 0.250 e. The number of rotatable bonds is 5. The number of methoxy groups -OCH3 is 1. The number of primary amides is 1. The smallest absolute Gasteiger partial charge is 0.250 e. The first-order chi connectivity index (χ1) is 15.6. The van der Waals surface area contributed by atoms with Crippen molar-refractivity contribution in [1.29, 1.82) is 0 Å². The van der Waals surface area contributed by atoms with Crippen LogP contribution in [-0.2, 0) is 6.42 Å². The van der Waals surface area contributed by atoms with Crippen molar-refractivity contribution in [2.24, 2.45) is 5.73 Å². The highest BCUT2D eigenvalue weighted by molar-refractivity contribution is 6.06. The molecule has 1 saturated carbocycles. The van der Waals surface area contributed by atoms with Gasteiger partial charge >= 0.3 is 0 Å². The summed E-state index contributed by atoms with van der Waals surface area (Å²) in [5.74, 6) is 0.412. The summed E-state index contributed by atoms with van der Waals surface area (Å²) in [7, 11) is 1.63. The summed E-state index contributed by atoms with van der Waals surface area (Å²) in [5.41, 5.74) is 10.9. The number of nitrogens with two attached hydrogens (primary N) is 1. The summed E-state index contributed by atoms with van der Waals surface area (Å²) >= 11 is 0. The third-order valence-corrected chi connectivity index (χ3v) is 6.87. The number of fused-ring (bicyclic) bond motifs is 3. The molecular weight excluding hydrogens is 402 g/mol. The third-order valence-electron chi connectivity index (χ3n) is 6.87. The lowest BCUT2D eigenvalue weighted by Gasteiger charge is -2.25. The zero-order valence-electron chi connectivity index (χ0n) is 18.4. The van der Waals surface area contributed by atoms with Gasteiger partial charge in [-0.25, -0.2) is 0 Å². The van der Waals surface area contributed by atoms with Gasteiger partial charge in [-0.05, 0) is 55.5 Å². The van der Waals surface area contributed by atoms with Crippen LogP contribution in [0.4, 0.5) is 5.69 Å². The number of ether oxygens (including phenoxy) is 1. The Morgan fingerprint density at radius 2 is 1.88 bits per heavy atom. The molecule has 0 radical (unpaired) electrons. The minimum atomic E-state index is -0.432. The Morgan fingerprint density at radius 1 is 1.06 bits per heavy atom. The summed E-state index contributed by atoms with van der Waals surface area (Å²) in [6.45, 7) is 0. The second-order valence-corrected chi connectivity index (χ2v) is 8.89. The van der Waals surface area contributed by atoms with Crippen molar-refractivity contribution in [1.82, 2.24) is 4.57 Å². The largest absolute Gasteiger partial charge is 0.497 e. The van der Waals surface area contributed by atoms with Gasteiger partial charge in [0.15, 0.2) is 0 Å². The number of aromatic nitrogens is 1. The summed E-state index contributed by atoms with van der Waals surface area (Å²) in [4.78, 5) is 25.0. The first-order valence-electron chi connectivity index (χ1n) is 11.5. The fourth-order valence-corrected chi connectivity index (χ4v) is 5.31. The molecule has 0 saturated heterocycles. The van der Waals surface area contributed by atoms with Crippen molar-refractivity contribution in [3.8, 4) is 16.9 Å². The number of carbonyl (C=O) groups excluding carboxylic acids is 2. The highest BCUT2D eigenvalue weighted by atomic mass is 16.5. The van der Waals surface area contributed by atoms with Gasteiger partial charge in [0.05, 0.1) is 18.2 Å². The molecule has 6 nitrogen and oxygen atoms in total. The quantitative estimate of drug-likeness (QED) is 0.586. The summed E-state index contributed by atoms with van der Waals surface area (Å²) in [5, 5.41) is 4.61. The molecule has 0 bridgehead atoms. The van der Waals surface area contributed by atoms with Crippen molar-refractivity contribution in [3.63, 3.8) is 0 Å². The SMILES string of the molecule is COc1ccc2c(-c3ccc(C(N)=O)c(NC4CCCCC4)c3)c3n(c2c1)C(=O)CCC3. The lowest BCUT2D eigenvalue weighted by Crippen LogP contribution is -2.24. The normalized spacial score (nSPS) is 16.7. The lowest BCUT2D eigenvalue weighted by molar-refractivity contribution is 0.0889. The molecule has 5 rings (SSSR count). The van der Waals surface area contributed by atoms with E-state index in [2.05, 4.69) is 5.32 Å². The molecule has 6 heteroatoms. The maximum absolute atomic E-state index is 12.9. The predicted molar refractivity (Wildman–Crippen MR) is 127 cm³/mol. The van der Waals surface area contributed by atoms with Crippen LogP contribution in [0.1, 0.15) is 65.8 Å². The fraction of sp³-hybridized carbons (Fsp3) is 0.385. The monoisotopic (exact) mass is 431 g/mol. The summed E-state index contributed by atoms with van der Waals surface area (Å²) in [6, 6.07) is 12.0. The van der Waals surface area contributed by atoms with Crippen molar-refractivity contribution in [2.75, 3.05) is 12.4 Å². The summed E-state index contributed by atoms with van der Waals surface area (Å²) < 4.78 is 7.28. The number of anilines is 1. The lowest BCUT2D eigenvalue weighted by atomic mass is 9.93. The van der Waals surface area contributed by atoms with E-state index in [4.69, 9.17) is 10.5 Å². The number of hydrogen-bond donors (Lipinski definition) is 2. The van der Waals surface area contributed by atoms with E-state index < -0.39 is 5.91 Å². The van der Waals surface area contributed by atoms with E-state index in [1.807, 2.05) is 41.0 Å². The Morgan fingerprint density at radius 3 is 2.62 bits per heavy atom. The van der Waals surface area contributed by atoms with Gasteiger partial charge in [0.1, 0.15) is 5.75 Å². The van der Waals surface area contributed by atoms with Crippen LogP contribution in [0.25, 0.3) is 22.0 Å². The third kappa shape index (κ3) is 3.53. The molecule has 0 spiro atoms. The van der Waals surface area contributed by atoms with Gasteiger partial charge in [0.25, 0.3) is 5.91 Å². The van der Waals surface area contributed by atoms with Crippen LogP contribution in [0.2, 0.25) is 0 Å². The molecule has 1 amide bonds. The Labute approximate surface area is 187 Å². The number of hydrogen-bond acceptors (Lipinski definition) is 4. The van der Waals surface area contributed by atoms with Crippen LogP contribution in [0.15, 0.2) is 36.4 Å². The molecule has 2 aliphatic rings. The first-order valence-corrected chi connectivity index (χ1v) is 11.5. The highest BCUT2D eigenvalue weighted by Crippen LogP contribution is 2.40. The molecule has 1 aliphatic heterocycles. The molecule has 1 aliphatic carbocycles. The van der Waals surface area contributed by atoms with Crippen LogP contribution in [0.3, 0.4) is 0 Å². The van der Waals surface area contributed by atoms with Crippen LogP contribution < -0.4 is 15.8 Å². The number of benzene rings is 2. The van der Waals surface area contributed by atoms with E-state index in [9.17, 15) is 9.59 Å². The van der Waals surface area contributed by atoms with Crippen molar-refractivity contribution in [2.45, 2.75) is 57.4 Å². The molecule has 1 fully saturated rings. The first kappa shape index (κ1) is 20.6. The number of nitrogens with one attached hydrogen (secondary N) is 1. The topological polar surface area (TPSA) is 86.3 Å². The zero-order chi connectivity index (χ0) is 22.2. The molecule has 1 aromatic heterocycles. The van der Waals surface area contributed by atoms with Crippen LogP contribution in [-0.4, -0.2) is 29.5 Å². The highest BCUT2D eigenvalue weighted by Gasteiger charge is 2.26. The van der Waals surface area contributed by atoms with Gasteiger partial charge in [-0.1, -0.05) is 25.3 Å². The summed E-state index contributed by atoms with van der Waals surface area (Å²) in [6.07, 6.45) is 8.08. The van der Waals surface area contributed by atoms with E-state index in [1.54, 1.807) is 7.11 Å². The van der Waals surface area contributed by atoms with E-state index in [1.165, 1.54) is 19.3 Å². The van der Waals surface area contributed by atoms with E-state index in [0.29, 0.717) is 18.0 Å². The zero-order valence-corrected chi connectivity index (χ0v) is 18.4. The molecule has 2 heterocycles. The van der Waals surface area contributed by atoms with Gasteiger partial charge in [0.2, 0.25) is 5.91 Å². The number of amides is 1. The Hall–Kier alpha value is -3.28. The standard InChI is InChI=1S/C26H29N3O3/c1-32-18-11-13-20-23(15-18)29-22(8-5-9-24(29)30)25(20)16-10-12-19(26(27)31)21(14-16)28-17-6-3-2-4-7-17/h10-15,17,28H,2-9H2,1H3,(H2,27,31). The maximum atomic E-state index is 12.9. The van der Waals surface area contributed by atoms with Crippen LogP contribution in [0.5, 0.6) is 5.75 Å². The van der Waals surface area contributed by atoms with Gasteiger partial charge in [0, 0.05) is 40.9 Å². The minimum absolute atomic E-state index is 0.116. The number of nitrogens with zero attached hydrogens (tertiary/aromatic N) is 1. The molecule has 166 valence electrons. The minimum Gasteiger partial charge on any atom is -0.497 e. The molecule has 0 unspecified atom stereocenters. The fourth-order valence-electron chi connectivity index (χ4n) is 5.31. The van der Waals surface area contributed by atoms with Gasteiger partial charge in [-0.3, -0.25) is 14.2 Å². The van der Waals surface area contributed by atoms with Crippen molar-refractivity contribution in [3.05, 3.63) is 47.7 Å². The van der Waals surface area contributed by atoms with Crippen molar-refractivity contribution < 1.29 is 14.3 Å². The average molecular weight is 432 g/mol. The molecule has 32 heavy (non-hydrogen) atoms. The van der Waals surface area contributed by atoms with E-state index in [-0.39, 0.29) is 5.91 Å². The molecule has 3 N–H and O–H groups in total. The molecular formula is C26H29N3O3. The number of carbonyl (C=O) groups is 2.